The summed E-state index contributed by atoms with van der Waals surface area (Å²) in [5.41, 5.74) is 0. The van der Waals surface area contributed by atoms with Crippen molar-refractivity contribution < 1.29 is 18.3 Å². The van der Waals surface area contributed by atoms with Gasteiger partial charge in [0.15, 0.2) is 0 Å². The Balaban J connectivity index is 2.73. The van der Waals surface area contributed by atoms with Crippen LogP contribution >= 0.6 is 11.8 Å². The summed E-state index contributed by atoms with van der Waals surface area (Å²) in [5, 5.41) is 9.11. The number of piperidine rings is 1. The summed E-state index contributed by atoms with van der Waals surface area (Å²) in [5.74, 6) is 0.0714. The molecule has 0 aromatic rings. The summed E-state index contributed by atoms with van der Waals surface area (Å²) in [7, 11) is -3.73. The van der Waals surface area contributed by atoms with E-state index in [9.17, 15) is 13.2 Å². The van der Waals surface area contributed by atoms with Gasteiger partial charge in [0, 0.05) is 13.1 Å². The maximum Gasteiger partial charge on any atom is 0.321 e. The van der Waals surface area contributed by atoms with E-state index in [-0.39, 0.29) is 6.42 Å². The third-order valence-corrected chi connectivity index (χ3v) is 5.58. The molecule has 6 nitrogen and oxygen atoms in total. The summed E-state index contributed by atoms with van der Waals surface area (Å²) in [4.78, 5) is 11.1. The van der Waals surface area contributed by atoms with E-state index in [1.165, 1.54) is 16.1 Å². The van der Waals surface area contributed by atoms with Crippen LogP contribution in [0.4, 0.5) is 0 Å². The molecule has 3 atom stereocenters. The molecule has 2 unspecified atom stereocenters. The minimum Gasteiger partial charge on any atom is -0.480 e. The van der Waals surface area contributed by atoms with Crippen molar-refractivity contribution >= 4 is 27.9 Å². The molecule has 2 N–H and O–H groups in total. The number of carboxylic acid groups (broad SMARTS) is 1. The van der Waals surface area contributed by atoms with Gasteiger partial charge in [0.05, 0.1) is 0 Å². The Bertz CT molecular complexity index is 417. The van der Waals surface area contributed by atoms with Gasteiger partial charge in [0.2, 0.25) is 0 Å². The molecule has 8 heteroatoms. The second-order valence-electron chi connectivity index (χ2n) is 5.56. The molecule has 1 saturated heterocycles. The summed E-state index contributed by atoms with van der Waals surface area (Å²) < 4.78 is 28.3. The molecule has 1 aliphatic rings. The number of aliphatic carboxylic acids is 1. The van der Waals surface area contributed by atoms with Crippen LogP contribution in [0.1, 0.15) is 26.7 Å². The van der Waals surface area contributed by atoms with Crippen LogP contribution in [0, 0.1) is 11.8 Å². The second-order valence-corrected chi connectivity index (χ2v) is 8.25. The van der Waals surface area contributed by atoms with Crippen LogP contribution in [0.2, 0.25) is 0 Å². The first-order valence-corrected chi connectivity index (χ1v) is 9.58. The lowest BCUT2D eigenvalue weighted by Gasteiger charge is -2.34. The van der Waals surface area contributed by atoms with E-state index < -0.39 is 22.2 Å². The van der Waals surface area contributed by atoms with Crippen LogP contribution < -0.4 is 4.72 Å². The van der Waals surface area contributed by atoms with E-state index in [0.29, 0.717) is 30.7 Å². The first-order chi connectivity index (χ1) is 9.26. The Labute approximate surface area is 125 Å². The first kappa shape index (κ1) is 17.7. The Kier molecular flexibility index (Phi) is 6.77. The van der Waals surface area contributed by atoms with Gasteiger partial charge in [-0.15, -0.1) is 0 Å². The zero-order chi connectivity index (χ0) is 15.3. The number of rotatable bonds is 7. The van der Waals surface area contributed by atoms with Gasteiger partial charge in [-0.2, -0.15) is 29.2 Å². The summed E-state index contributed by atoms with van der Waals surface area (Å²) in [6, 6.07) is -1.06. The standard InChI is InChI=1S/C12H24N2O4S2/c1-9-6-10(2)8-14(7-9)20(17,18)13-11(12(15)16)4-5-19-3/h9-11,13H,4-8H2,1-3H3,(H,15,16)/t9?,10?,11-/m0/s1. The van der Waals surface area contributed by atoms with E-state index in [0.717, 1.165) is 6.42 Å². The average molecular weight is 324 g/mol. The molecule has 1 heterocycles. The van der Waals surface area contributed by atoms with Crippen LogP contribution in [0.3, 0.4) is 0 Å². The molecule has 1 rings (SSSR count). The predicted octanol–water partition coefficient (Wildman–Crippen LogP) is 1.00. The number of carbonyl (C=O) groups is 1. The van der Waals surface area contributed by atoms with Crippen LogP contribution in [0.25, 0.3) is 0 Å². The average Bonchev–Trinajstić information content (AvgIpc) is 2.32. The smallest absolute Gasteiger partial charge is 0.321 e. The number of hydrogen-bond acceptors (Lipinski definition) is 4. The van der Waals surface area contributed by atoms with E-state index in [2.05, 4.69) is 4.72 Å². The van der Waals surface area contributed by atoms with Crippen molar-refractivity contribution in [2.75, 3.05) is 25.1 Å². The lowest BCUT2D eigenvalue weighted by atomic mass is 9.94. The molecule has 1 fully saturated rings. The topological polar surface area (TPSA) is 86.7 Å². The van der Waals surface area contributed by atoms with Crippen molar-refractivity contribution in [3.8, 4) is 0 Å². The Morgan fingerprint density at radius 3 is 2.40 bits per heavy atom. The highest BCUT2D eigenvalue weighted by atomic mass is 32.2. The van der Waals surface area contributed by atoms with Crippen molar-refractivity contribution in [2.45, 2.75) is 32.7 Å². The first-order valence-electron chi connectivity index (χ1n) is 6.75. The largest absolute Gasteiger partial charge is 0.480 e. The van der Waals surface area contributed by atoms with E-state index in [4.69, 9.17) is 5.11 Å². The summed E-state index contributed by atoms with van der Waals surface area (Å²) in [6.07, 6.45) is 3.15. The minimum absolute atomic E-state index is 0.286. The maximum absolute atomic E-state index is 12.3. The lowest BCUT2D eigenvalue weighted by Crippen LogP contribution is -2.52. The number of carboxylic acids is 1. The van der Waals surface area contributed by atoms with Gasteiger partial charge < -0.3 is 5.11 Å². The highest BCUT2D eigenvalue weighted by Crippen LogP contribution is 2.22. The molecule has 0 aliphatic carbocycles. The molecule has 0 radical (unpaired) electrons. The van der Waals surface area contributed by atoms with Crippen LogP contribution in [-0.4, -0.2) is 54.9 Å². The fourth-order valence-corrected chi connectivity index (χ4v) is 4.62. The van der Waals surface area contributed by atoms with Gasteiger partial charge in [-0.3, -0.25) is 4.79 Å². The minimum atomic E-state index is -3.73. The monoisotopic (exact) mass is 324 g/mol. The van der Waals surface area contributed by atoms with E-state index in [1.807, 2.05) is 20.1 Å². The zero-order valence-corrected chi connectivity index (χ0v) is 13.8. The molecule has 118 valence electrons. The Morgan fingerprint density at radius 2 is 1.95 bits per heavy atom. The lowest BCUT2D eigenvalue weighted by molar-refractivity contribution is -0.139. The van der Waals surface area contributed by atoms with Gasteiger partial charge in [-0.05, 0) is 36.7 Å². The molecular weight excluding hydrogens is 300 g/mol. The normalized spacial score (nSPS) is 26.4. The van der Waals surface area contributed by atoms with Crippen LogP contribution in [0.15, 0.2) is 0 Å². The highest BCUT2D eigenvalue weighted by Gasteiger charge is 2.33. The van der Waals surface area contributed by atoms with Gasteiger partial charge in [0.1, 0.15) is 6.04 Å². The summed E-state index contributed by atoms with van der Waals surface area (Å²) in [6.45, 7) is 4.93. The van der Waals surface area contributed by atoms with Crippen molar-refractivity contribution in [1.82, 2.24) is 9.03 Å². The SMILES string of the molecule is CSCC[C@H](NS(=O)(=O)N1CC(C)CC(C)C1)C(=O)O. The van der Waals surface area contributed by atoms with Crippen molar-refractivity contribution in [1.29, 1.82) is 0 Å². The molecule has 0 amide bonds. The molecule has 0 aromatic heterocycles. The molecule has 0 aromatic carbocycles. The molecule has 1 aliphatic heterocycles. The number of hydrogen-bond donors (Lipinski definition) is 2. The highest BCUT2D eigenvalue weighted by molar-refractivity contribution is 7.98. The van der Waals surface area contributed by atoms with Crippen molar-refractivity contribution in [3.05, 3.63) is 0 Å². The molecule has 0 saturated carbocycles. The number of thioether (sulfide) groups is 1. The molecule has 0 bridgehead atoms. The molecule has 20 heavy (non-hydrogen) atoms. The fourth-order valence-electron chi connectivity index (χ4n) is 2.52. The molecule has 0 spiro atoms. The summed E-state index contributed by atoms with van der Waals surface area (Å²) >= 11 is 1.50. The molecular formula is C12H24N2O4S2. The van der Waals surface area contributed by atoms with Crippen molar-refractivity contribution in [2.24, 2.45) is 11.8 Å². The van der Waals surface area contributed by atoms with Gasteiger partial charge in [-0.25, -0.2) is 0 Å². The quantitative estimate of drug-likeness (QED) is 0.730. The van der Waals surface area contributed by atoms with Gasteiger partial charge in [-0.1, -0.05) is 13.8 Å². The second kappa shape index (κ2) is 7.63. The number of nitrogens with one attached hydrogen (secondary N) is 1. The van der Waals surface area contributed by atoms with E-state index >= 15 is 0 Å². The fraction of sp³-hybridized carbons (Fsp3) is 0.917. The van der Waals surface area contributed by atoms with Crippen molar-refractivity contribution in [3.63, 3.8) is 0 Å². The zero-order valence-electron chi connectivity index (χ0n) is 12.2. The van der Waals surface area contributed by atoms with Gasteiger partial charge in [0.25, 0.3) is 10.2 Å². The predicted molar refractivity (Wildman–Crippen MR) is 81.0 cm³/mol. The third kappa shape index (κ3) is 5.23. The Hall–Kier alpha value is -0.310. The van der Waals surface area contributed by atoms with Crippen LogP contribution in [0.5, 0.6) is 0 Å². The van der Waals surface area contributed by atoms with Gasteiger partial charge >= 0.3 is 5.97 Å². The Morgan fingerprint density at radius 1 is 1.40 bits per heavy atom. The third-order valence-electron chi connectivity index (χ3n) is 3.38. The maximum atomic E-state index is 12.3. The number of nitrogens with zero attached hydrogens (tertiary/aromatic N) is 1. The van der Waals surface area contributed by atoms with E-state index in [1.54, 1.807) is 0 Å². The van der Waals surface area contributed by atoms with Crippen LogP contribution in [-0.2, 0) is 15.0 Å².